The molecule has 0 aliphatic carbocycles. The smallest absolute Gasteiger partial charge is 0.124 e. The Balaban J connectivity index is 1.60. The van der Waals surface area contributed by atoms with Gasteiger partial charge in [-0.3, -0.25) is 0 Å². The van der Waals surface area contributed by atoms with Crippen LogP contribution in [0.2, 0.25) is 0 Å². The molecule has 130 valence electrons. The number of hydrogen-bond donors (Lipinski definition) is 0. The molecule has 0 radical (unpaired) electrons. The number of rotatable bonds is 2. The van der Waals surface area contributed by atoms with E-state index >= 15 is 0 Å². The minimum absolute atomic E-state index is 1.04. The quantitative estimate of drug-likeness (QED) is 0.317. The van der Waals surface area contributed by atoms with Crippen molar-refractivity contribution in [2.45, 2.75) is 13.8 Å². The van der Waals surface area contributed by atoms with Gasteiger partial charge in [-0.15, -0.1) is 11.3 Å². The van der Waals surface area contributed by atoms with Gasteiger partial charge in [0.1, 0.15) is 4.83 Å². The number of fused-ring (bicyclic) bond motifs is 2. The van der Waals surface area contributed by atoms with Crippen molar-refractivity contribution in [3.8, 4) is 21.7 Å². The van der Waals surface area contributed by atoms with Crippen molar-refractivity contribution in [2.75, 3.05) is 0 Å². The number of aromatic nitrogens is 1. The molecule has 0 saturated heterocycles. The summed E-state index contributed by atoms with van der Waals surface area (Å²) in [5.74, 6) is 0. The summed E-state index contributed by atoms with van der Waals surface area (Å²) in [4.78, 5) is 7.31. The summed E-state index contributed by atoms with van der Waals surface area (Å²) in [5, 5.41) is 3.75. The van der Waals surface area contributed by atoms with Gasteiger partial charge in [-0.1, -0.05) is 53.6 Å². The zero-order valence-electron chi connectivity index (χ0n) is 15.4. The van der Waals surface area contributed by atoms with E-state index in [0.717, 1.165) is 10.5 Å². The zero-order chi connectivity index (χ0) is 18.4. The van der Waals surface area contributed by atoms with E-state index in [1.54, 1.807) is 11.3 Å². The van der Waals surface area contributed by atoms with Crippen LogP contribution in [0.3, 0.4) is 0 Å². The molecule has 0 aliphatic heterocycles. The van der Waals surface area contributed by atoms with Crippen LogP contribution in [0.25, 0.3) is 42.7 Å². The molecule has 3 aromatic carbocycles. The number of thiophene rings is 1. The van der Waals surface area contributed by atoms with E-state index in [-0.39, 0.29) is 0 Å². The Morgan fingerprint density at radius 3 is 2.19 bits per heavy atom. The SMILES string of the molecule is Cc1cc(C)cc(-c2ccc3cc(-c4ccc5ccccc5c4)sc3n2)c1. The fourth-order valence-corrected chi connectivity index (χ4v) is 4.71. The number of pyridine rings is 1. The fourth-order valence-electron chi connectivity index (χ4n) is 3.69. The Labute approximate surface area is 162 Å². The standard InChI is InChI=1S/C25H19NS/c1-16-11-17(2)13-22(12-16)23-10-9-21-15-24(27-25(21)26-23)20-8-7-18-5-3-4-6-19(18)14-20/h3-15H,1-2H3. The largest absolute Gasteiger partial charge is 0.237 e. The summed E-state index contributed by atoms with van der Waals surface area (Å²) in [6.45, 7) is 4.27. The van der Waals surface area contributed by atoms with Crippen molar-refractivity contribution in [1.29, 1.82) is 0 Å². The van der Waals surface area contributed by atoms with Crippen LogP contribution < -0.4 is 0 Å². The van der Waals surface area contributed by atoms with E-state index in [9.17, 15) is 0 Å². The van der Waals surface area contributed by atoms with E-state index in [2.05, 4.69) is 92.7 Å². The van der Waals surface area contributed by atoms with Crippen LogP contribution in [0, 0.1) is 13.8 Å². The molecule has 5 aromatic rings. The highest BCUT2D eigenvalue weighted by Crippen LogP contribution is 2.35. The Bertz CT molecular complexity index is 1280. The first-order valence-corrected chi connectivity index (χ1v) is 9.96. The molecular weight excluding hydrogens is 346 g/mol. The topological polar surface area (TPSA) is 12.9 Å². The van der Waals surface area contributed by atoms with Crippen molar-refractivity contribution in [3.05, 3.63) is 90.0 Å². The van der Waals surface area contributed by atoms with Crippen LogP contribution in [-0.2, 0) is 0 Å². The van der Waals surface area contributed by atoms with Crippen LogP contribution >= 0.6 is 11.3 Å². The van der Waals surface area contributed by atoms with Crippen molar-refractivity contribution >= 4 is 32.3 Å². The molecule has 1 nitrogen and oxygen atoms in total. The zero-order valence-corrected chi connectivity index (χ0v) is 16.2. The molecule has 0 aliphatic rings. The number of nitrogens with zero attached hydrogens (tertiary/aromatic N) is 1. The summed E-state index contributed by atoms with van der Waals surface area (Å²) < 4.78 is 0. The van der Waals surface area contributed by atoms with Gasteiger partial charge < -0.3 is 0 Å². The highest BCUT2D eigenvalue weighted by molar-refractivity contribution is 7.21. The lowest BCUT2D eigenvalue weighted by atomic mass is 10.0. The van der Waals surface area contributed by atoms with Crippen LogP contribution in [0.4, 0.5) is 0 Å². The maximum atomic E-state index is 4.95. The number of benzene rings is 3. The predicted molar refractivity (Wildman–Crippen MR) is 117 cm³/mol. The normalized spacial score (nSPS) is 11.3. The Kier molecular flexibility index (Phi) is 3.80. The molecule has 0 fully saturated rings. The van der Waals surface area contributed by atoms with Crippen LogP contribution in [-0.4, -0.2) is 4.98 Å². The van der Waals surface area contributed by atoms with Crippen LogP contribution in [0.1, 0.15) is 11.1 Å². The van der Waals surface area contributed by atoms with Gasteiger partial charge in [-0.25, -0.2) is 4.98 Å². The maximum Gasteiger partial charge on any atom is 0.124 e. The molecule has 2 aromatic heterocycles. The second-order valence-electron chi connectivity index (χ2n) is 7.14. The van der Waals surface area contributed by atoms with Gasteiger partial charge in [0.2, 0.25) is 0 Å². The summed E-state index contributed by atoms with van der Waals surface area (Å²) in [6, 6.07) is 28.4. The lowest BCUT2D eigenvalue weighted by molar-refractivity contribution is 1.35. The molecule has 27 heavy (non-hydrogen) atoms. The first-order valence-electron chi connectivity index (χ1n) is 9.14. The second-order valence-corrected chi connectivity index (χ2v) is 8.17. The van der Waals surface area contributed by atoms with E-state index < -0.39 is 0 Å². The molecule has 2 heterocycles. The Morgan fingerprint density at radius 2 is 1.37 bits per heavy atom. The number of hydrogen-bond acceptors (Lipinski definition) is 2. The molecular formula is C25H19NS. The third kappa shape index (κ3) is 3.02. The minimum Gasteiger partial charge on any atom is -0.237 e. The molecule has 5 rings (SSSR count). The molecule has 2 heteroatoms. The van der Waals surface area contributed by atoms with Gasteiger partial charge in [0.15, 0.2) is 0 Å². The van der Waals surface area contributed by atoms with Gasteiger partial charge in [0.05, 0.1) is 5.69 Å². The minimum atomic E-state index is 1.04. The molecule has 0 N–H and O–H groups in total. The van der Waals surface area contributed by atoms with E-state index in [1.807, 2.05) is 0 Å². The van der Waals surface area contributed by atoms with Crippen molar-refractivity contribution in [1.82, 2.24) is 4.98 Å². The maximum absolute atomic E-state index is 4.95. The Morgan fingerprint density at radius 1 is 0.630 bits per heavy atom. The van der Waals surface area contributed by atoms with Gasteiger partial charge in [-0.2, -0.15) is 0 Å². The van der Waals surface area contributed by atoms with Crippen molar-refractivity contribution < 1.29 is 0 Å². The highest BCUT2D eigenvalue weighted by Gasteiger charge is 2.09. The Hall–Kier alpha value is -2.97. The van der Waals surface area contributed by atoms with Gasteiger partial charge in [-0.05, 0) is 66.6 Å². The molecule has 0 spiro atoms. The highest BCUT2D eigenvalue weighted by atomic mass is 32.1. The monoisotopic (exact) mass is 365 g/mol. The second kappa shape index (κ2) is 6.33. The van der Waals surface area contributed by atoms with Gasteiger partial charge in [0.25, 0.3) is 0 Å². The molecule has 0 atom stereocenters. The van der Waals surface area contributed by atoms with E-state index in [1.165, 1.54) is 43.3 Å². The van der Waals surface area contributed by atoms with E-state index in [4.69, 9.17) is 4.98 Å². The molecule has 0 bridgehead atoms. The fraction of sp³-hybridized carbons (Fsp3) is 0.0800. The third-order valence-corrected chi connectivity index (χ3v) is 6.03. The summed E-state index contributed by atoms with van der Waals surface area (Å²) >= 11 is 1.77. The van der Waals surface area contributed by atoms with Crippen LogP contribution in [0.5, 0.6) is 0 Å². The van der Waals surface area contributed by atoms with Crippen LogP contribution in [0.15, 0.2) is 78.9 Å². The van der Waals surface area contributed by atoms with Crippen molar-refractivity contribution in [2.24, 2.45) is 0 Å². The lowest BCUT2D eigenvalue weighted by Crippen LogP contribution is -1.85. The predicted octanol–water partition coefficient (Wildman–Crippen LogP) is 7.40. The third-order valence-electron chi connectivity index (χ3n) is 4.93. The molecule has 0 unspecified atom stereocenters. The average molecular weight is 366 g/mol. The molecule has 0 saturated carbocycles. The number of aryl methyl sites for hydroxylation is 2. The van der Waals surface area contributed by atoms with Gasteiger partial charge in [0, 0.05) is 15.8 Å². The van der Waals surface area contributed by atoms with Gasteiger partial charge >= 0.3 is 0 Å². The summed E-state index contributed by atoms with van der Waals surface area (Å²) in [7, 11) is 0. The first kappa shape index (κ1) is 16.2. The average Bonchev–Trinajstić information content (AvgIpc) is 3.10. The van der Waals surface area contributed by atoms with E-state index in [0.29, 0.717) is 0 Å². The first-order chi connectivity index (χ1) is 13.2. The van der Waals surface area contributed by atoms with Crippen molar-refractivity contribution in [3.63, 3.8) is 0 Å². The summed E-state index contributed by atoms with van der Waals surface area (Å²) in [6.07, 6.45) is 0. The molecule has 0 amide bonds. The summed E-state index contributed by atoms with van der Waals surface area (Å²) in [5.41, 5.74) is 6.03. The lowest BCUT2D eigenvalue weighted by Gasteiger charge is -2.04.